The SMILES string of the molecule is Cc1ccc(-c2nc3cc(NC(=S)NC(=O)/C=C/c4ccc(C(C)C)cc4)ccc3o2)c(C)c1. The van der Waals surface area contributed by atoms with Gasteiger partial charge in [0.1, 0.15) is 5.52 Å². The average Bonchev–Trinajstić information content (AvgIpc) is 3.20. The minimum Gasteiger partial charge on any atom is -0.436 e. The van der Waals surface area contributed by atoms with E-state index in [9.17, 15) is 4.79 Å². The zero-order valence-electron chi connectivity index (χ0n) is 19.7. The van der Waals surface area contributed by atoms with Gasteiger partial charge in [-0.15, -0.1) is 0 Å². The number of anilines is 1. The van der Waals surface area contributed by atoms with Gasteiger partial charge in [0.15, 0.2) is 10.7 Å². The molecule has 0 unspecified atom stereocenters. The number of carbonyl (C=O) groups excluding carboxylic acids is 1. The molecule has 0 aliphatic carbocycles. The van der Waals surface area contributed by atoms with Crippen molar-refractivity contribution in [2.45, 2.75) is 33.6 Å². The fourth-order valence-corrected chi connectivity index (χ4v) is 3.87. The van der Waals surface area contributed by atoms with Crippen LogP contribution >= 0.6 is 12.2 Å². The molecule has 0 fully saturated rings. The molecule has 0 radical (unpaired) electrons. The number of nitrogens with one attached hydrogen (secondary N) is 2. The molecule has 2 N–H and O–H groups in total. The molecule has 0 bridgehead atoms. The van der Waals surface area contributed by atoms with Gasteiger partial charge in [-0.1, -0.05) is 55.8 Å². The van der Waals surface area contributed by atoms with Crippen molar-refractivity contribution in [3.8, 4) is 11.5 Å². The Morgan fingerprint density at radius 2 is 1.79 bits per heavy atom. The molecule has 5 nitrogen and oxygen atoms in total. The molecule has 0 aliphatic heterocycles. The van der Waals surface area contributed by atoms with Crippen molar-refractivity contribution in [3.63, 3.8) is 0 Å². The van der Waals surface area contributed by atoms with Gasteiger partial charge in [-0.2, -0.15) is 0 Å². The summed E-state index contributed by atoms with van der Waals surface area (Å²) >= 11 is 5.30. The predicted octanol–water partition coefficient (Wildman–Crippen LogP) is 6.76. The zero-order valence-corrected chi connectivity index (χ0v) is 20.5. The first-order valence-electron chi connectivity index (χ1n) is 11.2. The molecule has 1 aromatic heterocycles. The van der Waals surface area contributed by atoms with Gasteiger partial charge in [-0.05, 0) is 79.0 Å². The van der Waals surface area contributed by atoms with E-state index in [1.54, 1.807) is 6.08 Å². The number of thiocarbonyl (C=S) groups is 1. The molecule has 0 atom stereocenters. The molecule has 0 aliphatic rings. The van der Waals surface area contributed by atoms with E-state index >= 15 is 0 Å². The Hall–Kier alpha value is -3.77. The Morgan fingerprint density at radius 3 is 2.50 bits per heavy atom. The van der Waals surface area contributed by atoms with Crippen molar-refractivity contribution in [1.29, 1.82) is 0 Å². The molecule has 0 saturated carbocycles. The van der Waals surface area contributed by atoms with Crippen LogP contribution in [0.1, 0.15) is 42.0 Å². The number of hydrogen-bond donors (Lipinski definition) is 2. The van der Waals surface area contributed by atoms with Crippen LogP contribution in [0.15, 0.2) is 71.2 Å². The van der Waals surface area contributed by atoms with Gasteiger partial charge in [0.25, 0.3) is 0 Å². The van der Waals surface area contributed by atoms with Crippen molar-refractivity contribution in [2.75, 3.05) is 5.32 Å². The molecular formula is C28H27N3O2S. The summed E-state index contributed by atoms with van der Waals surface area (Å²) in [6.45, 7) is 8.40. The first kappa shape index (κ1) is 23.4. The average molecular weight is 470 g/mol. The van der Waals surface area contributed by atoms with Crippen LogP contribution in [0.3, 0.4) is 0 Å². The number of fused-ring (bicyclic) bond motifs is 1. The lowest BCUT2D eigenvalue weighted by molar-refractivity contribution is -0.115. The molecule has 0 spiro atoms. The molecular weight excluding hydrogens is 442 g/mol. The lowest BCUT2D eigenvalue weighted by Gasteiger charge is -2.08. The summed E-state index contributed by atoms with van der Waals surface area (Å²) in [6.07, 6.45) is 3.23. The first-order valence-corrected chi connectivity index (χ1v) is 11.6. The molecule has 0 saturated heterocycles. The van der Waals surface area contributed by atoms with Gasteiger partial charge in [-0.3, -0.25) is 10.1 Å². The van der Waals surface area contributed by atoms with Crippen molar-refractivity contribution in [1.82, 2.24) is 10.3 Å². The molecule has 6 heteroatoms. The maximum Gasteiger partial charge on any atom is 0.250 e. The fourth-order valence-electron chi connectivity index (χ4n) is 3.65. The second-order valence-electron chi connectivity index (χ2n) is 8.62. The molecule has 34 heavy (non-hydrogen) atoms. The van der Waals surface area contributed by atoms with E-state index in [0.29, 0.717) is 28.6 Å². The van der Waals surface area contributed by atoms with Gasteiger partial charge in [0, 0.05) is 17.3 Å². The number of amides is 1. The number of oxazole rings is 1. The van der Waals surface area contributed by atoms with Crippen LogP contribution < -0.4 is 10.6 Å². The molecule has 1 amide bonds. The van der Waals surface area contributed by atoms with Crippen LogP contribution in [0.25, 0.3) is 28.6 Å². The van der Waals surface area contributed by atoms with Gasteiger partial charge < -0.3 is 9.73 Å². The van der Waals surface area contributed by atoms with Gasteiger partial charge in [0.05, 0.1) is 0 Å². The number of hydrogen-bond acceptors (Lipinski definition) is 4. The fraction of sp³-hybridized carbons (Fsp3) is 0.179. The highest BCUT2D eigenvalue weighted by molar-refractivity contribution is 7.80. The molecule has 4 rings (SSSR count). The third-order valence-corrected chi connectivity index (χ3v) is 5.73. The van der Waals surface area contributed by atoms with E-state index in [1.807, 2.05) is 49.4 Å². The van der Waals surface area contributed by atoms with Crippen LogP contribution in [0, 0.1) is 13.8 Å². The number of rotatable bonds is 5. The smallest absolute Gasteiger partial charge is 0.250 e. The van der Waals surface area contributed by atoms with E-state index in [-0.39, 0.29) is 11.0 Å². The summed E-state index contributed by atoms with van der Waals surface area (Å²) in [7, 11) is 0. The van der Waals surface area contributed by atoms with E-state index in [0.717, 1.165) is 16.7 Å². The molecule has 172 valence electrons. The number of carbonyl (C=O) groups is 1. The maximum absolute atomic E-state index is 12.3. The summed E-state index contributed by atoms with van der Waals surface area (Å²) in [6, 6.07) is 19.8. The topological polar surface area (TPSA) is 67.2 Å². The van der Waals surface area contributed by atoms with Crippen molar-refractivity contribution >= 4 is 46.1 Å². The van der Waals surface area contributed by atoms with Crippen molar-refractivity contribution in [2.24, 2.45) is 0 Å². The third-order valence-electron chi connectivity index (χ3n) is 5.52. The summed E-state index contributed by atoms with van der Waals surface area (Å²) in [5.74, 6) is 0.747. The Labute approximate surface area is 204 Å². The highest BCUT2D eigenvalue weighted by Gasteiger charge is 2.12. The van der Waals surface area contributed by atoms with E-state index in [1.165, 1.54) is 17.2 Å². The van der Waals surface area contributed by atoms with Crippen LogP contribution in [0.5, 0.6) is 0 Å². The van der Waals surface area contributed by atoms with Crippen molar-refractivity contribution < 1.29 is 9.21 Å². The monoisotopic (exact) mass is 469 g/mol. The van der Waals surface area contributed by atoms with Crippen molar-refractivity contribution in [3.05, 3.63) is 89.0 Å². The first-order chi connectivity index (χ1) is 16.3. The normalized spacial score (nSPS) is 11.3. The summed E-state index contributed by atoms with van der Waals surface area (Å²) in [5.41, 5.74) is 7.58. The van der Waals surface area contributed by atoms with E-state index in [2.05, 4.69) is 54.6 Å². The summed E-state index contributed by atoms with van der Waals surface area (Å²) in [5, 5.41) is 5.92. The van der Waals surface area contributed by atoms with Gasteiger partial charge in [-0.25, -0.2) is 4.98 Å². The summed E-state index contributed by atoms with van der Waals surface area (Å²) < 4.78 is 5.94. The Bertz CT molecular complexity index is 1380. The minimum atomic E-state index is -0.301. The lowest BCUT2D eigenvalue weighted by Crippen LogP contribution is -2.32. The second kappa shape index (κ2) is 10.0. The number of aryl methyl sites for hydroxylation is 2. The lowest BCUT2D eigenvalue weighted by atomic mass is 10.0. The largest absolute Gasteiger partial charge is 0.436 e. The van der Waals surface area contributed by atoms with Crippen LogP contribution in [0.4, 0.5) is 5.69 Å². The number of aromatic nitrogens is 1. The van der Waals surface area contributed by atoms with E-state index in [4.69, 9.17) is 16.6 Å². The molecule has 3 aromatic carbocycles. The van der Waals surface area contributed by atoms with Gasteiger partial charge in [0.2, 0.25) is 11.8 Å². The quantitative estimate of drug-likeness (QED) is 0.250. The highest BCUT2D eigenvalue weighted by atomic mass is 32.1. The van der Waals surface area contributed by atoms with Gasteiger partial charge >= 0.3 is 0 Å². The number of nitrogens with zero attached hydrogens (tertiary/aromatic N) is 1. The molecule has 1 heterocycles. The minimum absolute atomic E-state index is 0.210. The zero-order chi connectivity index (χ0) is 24.2. The Balaban J connectivity index is 1.39. The number of benzene rings is 3. The highest BCUT2D eigenvalue weighted by Crippen LogP contribution is 2.28. The maximum atomic E-state index is 12.3. The molecule has 4 aromatic rings. The van der Waals surface area contributed by atoms with Crippen LogP contribution in [0.2, 0.25) is 0 Å². The Kier molecular flexibility index (Phi) is 6.89. The van der Waals surface area contributed by atoms with Crippen LogP contribution in [-0.2, 0) is 4.79 Å². The third kappa shape index (κ3) is 5.58. The Morgan fingerprint density at radius 1 is 1.03 bits per heavy atom. The predicted molar refractivity (Wildman–Crippen MR) is 143 cm³/mol. The van der Waals surface area contributed by atoms with Crippen LogP contribution in [-0.4, -0.2) is 16.0 Å². The second-order valence-corrected chi connectivity index (χ2v) is 9.03. The standard InChI is InChI=1S/C28H27N3O2S/c1-17(2)21-9-6-20(7-10-21)8-14-26(32)31-28(34)29-22-11-13-25-24(16-22)30-27(33-25)23-12-5-18(3)15-19(23)4/h5-17H,1-4H3,(H2,29,31,32,34)/b14-8+. The summed E-state index contributed by atoms with van der Waals surface area (Å²) in [4.78, 5) is 16.9. The van der Waals surface area contributed by atoms with E-state index < -0.39 is 0 Å².